The van der Waals surface area contributed by atoms with Crippen LogP contribution in [0.15, 0.2) is 29.6 Å². The first-order valence-electron chi connectivity index (χ1n) is 10.6. The molecule has 1 aliphatic heterocycles. The van der Waals surface area contributed by atoms with Gasteiger partial charge in [0.15, 0.2) is 0 Å². The van der Waals surface area contributed by atoms with Crippen LogP contribution in [-0.2, 0) is 16.0 Å². The van der Waals surface area contributed by atoms with Gasteiger partial charge < -0.3 is 9.80 Å². The third-order valence-corrected chi connectivity index (χ3v) is 7.03. The summed E-state index contributed by atoms with van der Waals surface area (Å²) in [5.41, 5.74) is 1.82. The molecule has 1 aliphatic rings. The minimum atomic E-state index is -0.279. The quantitative estimate of drug-likeness (QED) is 0.510. The van der Waals surface area contributed by atoms with Gasteiger partial charge in [-0.1, -0.05) is 50.0 Å². The Labute approximate surface area is 199 Å². The van der Waals surface area contributed by atoms with Gasteiger partial charge in [0.1, 0.15) is 6.54 Å². The fourth-order valence-corrected chi connectivity index (χ4v) is 5.41. The summed E-state index contributed by atoms with van der Waals surface area (Å²) in [5, 5.41) is 3.16. The normalized spacial score (nSPS) is 16.4. The molecule has 2 aromatic rings. The number of rotatable bonds is 5. The van der Waals surface area contributed by atoms with Gasteiger partial charge in [-0.3, -0.25) is 9.59 Å². The van der Waals surface area contributed by atoms with E-state index in [4.69, 9.17) is 23.2 Å². The van der Waals surface area contributed by atoms with Crippen LogP contribution < -0.4 is 0 Å². The van der Waals surface area contributed by atoms with Crippen LogP contribution in [0.5, 0.6) is 0 Å². The molecule has 0 N–H and O–H groups in total. The molecule has 1 aromatic carbocycles. The van der Waals surface area contributed by atoms with E-state index in [-0.39, 0.29) is 35.9 Å². The van der Waals surface area contributed by atoms with Crippen LogP contribution in [-0.4, -0.2) is 40.7 Å². The lowest BCUT2D eigenvalue weighted by molar-refractivity contribution is -0.144. The highest BCUT2D eigenvalue weighted by molar-refractivity contribution is 7.10. The molecule has 0 saturated heterocycles. The van der Waals surface area contributed by atoms with Crippen molar-refractivity contribution >= 4 is 46.4 Å². The summed E-state index contributed by atoms with van der Waals surface area (Å²) in [4.78, 5) is 31.3. The first-order valence-corrected chi connectivity index (χ1v) is 12.2. The highest BCUT2D eigenvalue weighted by atomic mass is 35.5. The second-order valence-electron chi connectivity index (χ2n) is 9.56. The Kier molecular flexibility index (Phi) is 7.39. The minimum Gasteiger partial charge on any atom is -0.331 e. The zero-order chi connectivity index (χ0) is 22.9. The van der Waals surface area contributed by atoms with Crippen molar-refractivity contribution in [1.29, 1.82) is 0 Å². The predicted octanol–water partition coefficient (Wildman–Crippen LogP) is 6.20. The van der Waals surface area contributed by atoms with Crippen LogP contribution in [0, 0.1) is 5.41 Å². The van der Waals surface area contributed by atoms with E-state index in [9.17, 15) is 9.59 Å². The van der Waals surface area contributed by atoms with Crippen molar-refractivity contribution in [1.82, 2.24) is 9.80 Å². The molecule has 2 heterocycles. The molecule has 31 heavy (non-hydrogen) atoms. The molecule has 1 aromatic heterocycles. The zero-order valence-electron chi connectivity index (χ0n) is 18.7. The average molecular weight is 481 g/mol. The maximum absolute atomic E-state index is 13.5. The summed E-state index contributed by atoms with van der Waals surface area (Å²) in [6, 6.07) is 7.15. The Morgan fingerprint density at radius 2 is 1.90 bits per heavy atom. The molecule has 4 nitrogen and oxygen atoms in total. The summed E-state index contributed by atoms with van der Waals surface area (Å²) in [6.07, 6.45) is 1.21. The lowest BCUT2D eigenvalue weighted by atomic mass is 9.91. The van der Waals surface area contributed by atoms with E-state index in [1.165, 1.54) is 4.88 Å². The van der Waals surface area contributed by atoms with Crippen molar-refractivity contribution in [2.24, 2.45) is 5.41 Å². The van der Waals surface area contributed by atoms with Crippen LogP contribution in [0.2, 0.25) is 10.0 Å². The number of carbonyl (C=O) groups excluding carboxylic acids is 2. The number of amides is 2. The molecule has 7 heteroatoms. The molecule has 0 spiro atoms. The SMILES string of the molecule is CC(C)N(CC(=O)N1CCc2sccc2[C@@H]1c1ccc(Cl)cc1Cl)C(=O)CC(C)(C)C. The molecule has 1 atom stereocenters. The largest absolute Gasteiger partial charge is 0.331 e. The Bertz CT molecular complexity index is 965. The van der Waals surface area contributed by atoms with Crippen LogP contribution in [0.4, 0.5) is 0 Å². The fourth-order valence-electron chi connectivity index (χ4n) is 3.99. The van der Waals surface area contributed by atoms with Crippen LogP contribution in [0.25, 0.3) is 0 Å². The van der Waals surface area contributed by atoms with E-state index in [1.807, 2.05) is 45.6 Å². The molecule has 0 radical (unpaired) electrons. The van der Waals surface area contributed by atoms with Gasteiger partial charge in [0.2, 0.25) is 11.8 Å². The standard InChI is InChI=1S/C24H30Cl2N2O2S/c1-15(2)28(21(29)13-24(3,4)5)14-22(30)27-10-8-20-18(9-11-31-20)23(27)17-7-6-16(25)12-19(17)26/h6-7,9,11-12,15,23H,8,10,13-14H2,1-5H3/t23-/m0/s1. The van der Waals surface area contributed by atoms with Crippen LogP contribution >= 0.6 is 34.5 Å². The second kappa shape index (κ2) is 9.51. The summed E-state index contributed by atoms with van der Waals surface area (Å²) in [5.74, 6) is -0.0611. The number of halogens is 2. The van der Waals surface area contributed by atoms with Crippen LogP contribution in [0.3, 0.4) is 0 Å². The number of nitrogens with zero attached hydrogens (tertiary/aromatic N) is 2. The van der Waals surface area contributed by atoms with E-state index in [0.717, 1.165) is 17.5 Å². The summed E-state index contributed by atoms with van der Waals surface area (Å²) in [6.45, 7) is 10.7. The number of thiophene rings is 1. The molecule has 168 valence electrons. The molecule has 3 rings (SSSR count). The van der Waals surface area contributed by atoms with Gasteiger partial charge in [0.05, 0.1) is 6.04 Å². The van der Waals surface area contributed by atoms with Crippen LogP contribution in [0.1, 0.15) is 63.1 Å². The smallest absolute Gasteiger partial charge is 0.243 e. The Hall–Kier alpha value is -1.56. The van der Waals surface area contributed by atoms with E-state index < -0.39 is 0 Å². The molecule has 0 bridgehead atoms. The predicted molar refractivity (Wildman–Crippen MR) is 129 cm³/mol. The topological polar surface area (TPSA) is 40.6 Å². The van der Waals surface area contributed by atoms with Gasteiger partial charge in [-0.15, -0.1) is 11.3 Å². The summed E-state index contributed by atoms with van der Waals surface area (Å²) in [7, 11) is 0. The molecule has 2 amide bonds. The van der Waals surface area contributed by atoms with Gasteiger partial charge in [0.25, 0.3) is 0 Å². The van der Waals surface area contributed by atoms with Crippen molar-refractivity contribution in [3.05, 3.63) is 55.7 Å². The Morgan fingerprint density at radius 3 is 2.52 bits per heavy atom. The molecule has 0 unspecified atom stereocenters. The molecule has 0 saturated carbocycles. The second-order valence-corrected chi connectivity index (χ2v) is 11.4. The monoisotopic (exact) mass is 480 g/mol. The van der Waals surface area contributed by atoms with E-state index in [1.54, 1.807) is 28.4 Å². The lowest BCUT2D eigenvalue weighted by Gasteiger charge is -2.39. The average Bonchev–Trinajstić information content (AvgIpc) is 3.12. The molecular formula is C24H30Cl2N2O2S. The van der Waals surface area contributed by atoms with Gasteiger partial charge in [0, 0.05) is 33.9 Å². The van der Waals surface area contributed by atoms with Gasteiger partial charge in [-0.2, -0.15) is 0 Å². The maximum atomic E-state index is 13.5. The number of hydrogen-bond donors (Lipinski definition) is 0. The number of fused-ring (bicyclic) bond motifs is 1. The van der Waals surface area contributed by atoms with Gasteiger partial charge in [-0.25, -0.2) is 0 Å². The van der Waals surface area contributed by atoms with Crippen molar-refractivity contribution in [2.45, 2.75) is 59.5 Å². The summed E-state index contributed by atoms with van der Waals surface area (Å²) < 4.78 is 0. The van der Waals surface area contributed by atoms with Gasteiger partial charge in [-0.05, 0) is 60.4 Å². The van der Waals surface area contributed by atoms with Crippen molar-refractivity contribution in [3.8, 4) is 0 Å². The minimum absolute atomic E-state index is 0.00478. The lowest BCUT2D eigenvalue weighted by Crippen LogP contribution is -2.49. The molecular weight excluding hydrogens is 451 g/mol. The number of benzene rings is 1. The fraction of sp³-hybridized carbons (Fsp3) is 0.500. The number of carbonyl (C=O) groups is 2. The first-order chi connectivity index (χ1) is 14.5. The Balaban J connectivity index is 1.92. The third kappa shape index (κ3) is 5.63. The molecule has 0 fully saturated rings. The number of hydrogen-bond acceptors (Lipinski definition) is 3. The highest BCUT2D eigenvalue weighted by Gasteiger charge is 2.35. The van der Waals surface area contributed by atoms with E-state index >= 15 is 0 Å². The van der Waals surface area contributed by atoms with E-state index in [0.29, 0.717) is 23.0 Å². The zero-order valence-corrected chi connectivity index (χ0v) is 21.1. The van der Waals surface area contributed by atoms with Crippen molar-refractivity contribution in [2.75, 3.05) is 13.1 Å². The van der Waals surface area contributed by atoms with E-state index in [2.05, 4.69) is 11.4 Å². The third-order valence-electron chi connectivity index (χ3n) is 5.47. The highest BCUT2D eigenvalue weighted by Crippen LogP contribution is 2.41. The van der Waals surface area contributed by atoms with Gasteiger partial charge >= 0.3 is 0 Å². The summed E-state index contributed by atoms with van der Waals surface area (Å²) >= 11 is 14.4. The maximum Gasteiger partial charge on any atom is 0.243 e. The first kappa shape index (κ1) is 24.1. The Morgan fingerprint density at radius 1 is 1.19 bits per heavy atom. The van der Waals surface area contributed by atoms with Crippen molar-refractivity contribution in [3.63, 3.8) is 0 Å². The molecule has 0 aliphatic carbocycles. The van der Waals surface area contributed by atoms with Crippen molar-refractivity contribution < 1.29 is 9.59 Å².